The van der Waals surface area contributed by atoms with E-state index >= 15 is 0 Å². The lowest BCUT2D eigenvalue weighted by Gasteiger charge is -2.14. The van der Waals surface area contributed by atoms with Crippen molar-refractivity contribution in [3.05, 3.63) is 0 Å². The van der Waals surface area contributed by atoms with Gasteiger partial charge < -0.3 is 20.4 Å². The fourth-order valence-corrected chi connectivity index (χ4v) is 1.15. The van der Waals surface area contributed by atoms with Gasteiger partial charge in [-0.25, -0.2) is 0 Å². The van der Waals surface area contributed by atoms with Crippen molar-refractivity contribution in [2.24, 2.45) is 17.3 Å². The van der Waals surface area contributed by atoms with E-state index in [0.29, 0.717) is 0 Å². The third kappa shape index (κ3) is 10.3. The van der Waals surface area contributed by atoms with Gasteiger partial charge in [0.25, 0.3) is 0 Å². The number of carboxylic acid groups (broad SMARTS) is 4. The van der Waals surface area contributed by atoms with E-state index in [1.165, 1.54) is 20.8 Å². The normalized spacial score (nSPS) is 13.3. The van der Waals surface area contributed by atoms with Crippen LogP contribution in [0.2, 0.25) is 0 Å². The van der Waals surface area contributed by atoms with Crippen molar-refractivity contribution in [1.82, 2.24) is 0 Å². The summed E-state index contributed by atoms with van der Waals surface area (Å²) < 4.78 is 0. The molecule has 0 spiro atoms. The largest absolute Gasteiger partial charge is 0.481 e. The van der Waals surface area contributed by atoms with Crippen LogP contribution in [0.4, 0.5) is 0 Å². The van der Waals surface area contributed by atoms with Gasteiger partial charge in [-0.2, -0.15) is 0 Å². The van der Waals surface area contributed by atoms with E-state index in [2.05, 4.69) is 0 Å². The number of aliphatic carboxylic acids is 4. The molecule has 0 aliphatic heterocycles. The van der Waals surface area contributed by atoms with Crippen molar-refractivity contribution in [3.8, 4) is 0 Å². The van der Waals surface area contributed by atoms with Crippen LogP contribution >= 0.6 is 0 Å². The molecule has 0 aromatic rings. The maximum absolute atomic E-state index is 10.3. The van der Waals surface area contributed by atoms with Crippen LogP contribution in [0.5, 0.6) is 0 Å². The van der Waals surface area contributed by atoms with Gasteiger partial charge in [0.15, 0.2) is 0 Å². The van der Waals surface area contributed by atoms with Crippen molar-refractivity contribution in [1.29, 1.82) is 0 Å². The van der Waals surface area contributed by atoms with Crippen LogP contribution in [-0.4, -0.2) is 44.3 Å². The fourth-order valence-electron chi connectivity index (χ4n) is 1.15. The highest BCUT2D eigenvalue weighted by Crippen LogP contribution is 2.19. The van der Waals surface area contributed by atoms with Gasteiger partial charge in [-0.05, 0) is 19.8 Å². The predicted molar refractivity (Wildman–Crippen MR) is 71.9 cm³/mol. The van der Waals surface area contributed by atoms with E-state index in [0.717, 1.165) is 0 Å². The van der Waals surface area contributed by atoms with Crippen molar-refractivity contribution in [3.63, 3.8) is 0 Å². The minimum atomic E-state index is -1.16. The first-order valence-electron chi connectivity index (χ1n) is 6.21. The van der Waals surface area contributed by atoms with E-state index in [1.807, 2.05) is 0 Å². The highest BCUT2D eigenvalue weighted by molar-refractivity contribution is 5.80. The quantitative estimate of drug-likeness (QED) is 0.551. The first-order valence-corrected chi connectivity index (χ1v) is 6.21. The van der Waals surface area contributed by atoms with Crippen LogP contribution in [-0.2, 0) is 19.2 Å². The molecule has 4 N–H and O–H groups in total. The first kappa shape index (κ1) is 21.2. The molecule has 0 amide bonds. The number of hydrogen-bond acceptors (Lipinski definition) is 4. The summed E-state index contributed by atoms with van der Waals surface area (Å²) in [5.41, 5.74) is -1.16. The van der Waals surface area contributed by atoms with Crippen LogP contribution in [0.1, 0.15) is 40.5 Å². The summed E-state index contributed by atoms with van der Waals surface area (Å²) in [4.78, 5) is 40.8. The van der Waals surface area contributed by atoms with Crippen LogP contribution in [0.15, 0.2) is 0 Å². The zero-order valence-electron chi connectivity index (χ0n) is 12.5. The van der Waals surface area contributed by atoms with Gasteiger partial charge in [0.1, 0.15) is 0 Å². The van der Waals surface area contributed by atoms with Gasteiger partial charge in [0.2, 0.25) is 0 Å². The SMILES string of the molecule is CC(C)(CC(=O)O)C(=O)O.CC(CC(=O)O)C(C)C(=O)O. The number of carbonyl (C=O) groups is 4. The molecule has 21 heavy (non-hydrogen) atoms. The van der Waals surface area contributed by atoms with Gasteiger partial charge in [0, 0.05) is 6.42 Å². The summed E-state index contributed by atoms with van der Waals surface area (Å²) in [6.07, 6.45) is -0.435. The van der Waals surface area contributed by atoms with Crippen molar-refractivity contribution in [2.75, 3.05) is 0 Å². The van der Waals surface area contributed by atoms with Crippen molar-refractivity contribution < 1.29 is 39.6 Å². The molecular weight excluding hydrogens is 284 g/mol. The molecule has 0 aromatic heterocycles. The molecule has 0 fully saturated rings. The summed E-state index contributed by atoms with van der Waals surface area (Å²) in [5.74, 6) is -4.98. The third-order valence-corrected chi connectivity index (χ3v) is 2.91. The minimum Gasteiger partial charge on any atom is -0.481 e. The van der Waals surface area contributed by atoms with Crippen LogP contribution in [0, 0.1) is 17.3 Å². The Labute approximate surface area is 122 Å². The second-order valence-corrected chi connectivity index (χ2v) is 5.46. The summed E-state index contributed by atoms with van der Waals surface area (Å²) in [7, 11) is 0. The van der Waals surface area contributed by atoms with E-state index in [9.17, 15) is 19.2 Å². The lowest BCUT2D eigenvalue weighted by molar-refractivity contribution is -0.153. The molecule has 0 bridgehead atoms. The smallest absolute Gasteiger partial charge is 0.309 e. The molecule has 0 radical (unpaired) electrons. The first-order chi connectivity index (χ1) is 9.31. The average molecular weight is 306 g/mol. The molecule has 0 aromatic carbocycles. The monoisotopic (exact) mass is 306 g/mol. The minimum absolute atomic E-state index is 0.0898. The summed E-state index contributed by atoms with van der Waals surface area (Å²) in [6, 6.07) is 0. The maximum atomic E-state index is 10.3. The molecule has 122 valence electrons. The van der Waals surface area contributed by atoms with Gasteiger partial charge >= 0.3 is 23.9 Å². The Morgan fingerprint density at radius 3 is 1.52 bits per heavy atom. The van der Waals surface area contributed by atoms with Crippen molar-refractivity contribution >= 4 is 23.9 Å². The average Bonchev–Trinajstić information content (AvgIpc) is 2.25. The van der Waals surface area contributed by atoms with E-state index < -0.39 is 35.2 Å². The van der Waals surface area contributed by atoms with Crippen molar-refractivity contribution in [2.45, 2.75) is 40.5 Å². The molecule has 0 aliphatic carbocycles. The second-order valence-electron chi connectivity index (χ2n) is 5.46. The molecule has 2 atom stereocenters. The topological polar surface area (TPSA) is 149 Å². The molecule has 0 heterocycles. The summed E-state index contributed by atoms with van der Waals surface area (Å²) in [5, 5.41) is 33.5. The molecule has 0 saturated carbocycles. The molecule has 0 aliphatic rings. The van der Waals surface area contributed by atoms with E-state index in [1.54, 1.807) is 6.92 Å². The Morgan fingerprint density at radius 2 is 1.33 bits per heavy atom. The Kier molecular flexibility index (Phi) is 9.01. The van der Waals surface area contributed by atoms with E-state index in [4.69, 9.17) is 20.4 Å². The maximum Gasteiger partial charge on any atom is 0.309 e. The fraction of sp³-hybridized carbons (Fsp3) is 0.692. The lowest BCUT2D eigenvalue weighted by atomic mass is 9.90. The highest BCUT2D eigenvalue weighted by atomic mass is 16.4. The molecular formula is C13H22O8. The molecule has 8 nitrogen and oxygen atoms in total. The number of rotatable bonds is 7. The molecule has 0 saturated heterocycles. The predicted octanol–water partition coefficient (Wildman–Crippen LogP) is 1.39. The van der Waals surface area contributed by atoms with Gasteiger partial charge in [-0.3, -0.25) is 19.2 Å². The highest BCUT2D eigenvalue weighted by Gasteiger charge is 2.29. The number of carboxylic acids is 4. The zero-order chi connectivity index (χ0) is 17.4. The van der Waals surface area contributed by atoms with E-state index in [-0.39, 0.29) is 18.8 Å². The Bertz CT molecular complexity index is 399. The third-order valence-electron chi connectivity index (χ3n) is 2.91. The van der Waals surface area contributed by atoms with Gasteiger partial charge in [0.05, 0.1) is 17.8 Å². The Morgan fingerprint density at radius 1 is 0.905 bits per heavy atom. The zero-order valence-corrected chi connectivity index (χ0v) is 12.5. The number of hydrogen-bond donors (Lipinski definition) is 4. The van der Waals surface area contributed by atoms with Crippen LogP contribution in [0.3, 0.4) is 0 Å². The van der Waals surface area contributed by atoms with Gasteiger partial charge in [-0.1, -0.05) is 13.8 Å². The van der Waals surface area contributed by atoms with Gasteiger partial charge in [-0.15, -0.1) is 0 Å². The lowest BCUT2D eigenvalue weighted by Crippen LogP contribution is -2.26. The standard InChI is InChI=1S/C7H12O4.C6H10O4/c1-4(3-6(8)9)5(2)7(10)11;1-6(2,5(9)10)3-4(7)8/h4-5H,3H2,1-2H3,(H,8,9)(H,10,11);3H2,1-2H3,(H,7,8)(H,9,10). The second kappa shape index (κ2) is 8.93. The molecule has 0 rings (SSSR count). The van der Waals surface area contributed by atoms with Crippen LogP contribution in [0.25, 0.3) is 0 Å². The molecule has 2 unspecified atom stereocenters. The Balaban J connectivity index is 0. The summed E-state index contributed by atoms with van der Waals surface area (Å²) in [6.45, 7) is 5.88. The Hall–Kier alpha value is -2.12. The summed E-state index contributed by atoms with van der Waals surface area (Å²) >= 11 is 0. The van der Waals surface area contributed by atoms with Crippen LogP contribution < -0.4 is 0 Å². The molecule has 8 heteroatoms.